The summed E-state index contributed by atoms with van der Waals surface area (Å²) in [4.78, 5) is 17.2. The van der Waals surface area contributed by atoms with Crippen LogP contribution in [0.2, 0.25) is 0 Å². The first-order chi connectivity index (χ1) is 8.22. The molecule has 17 heavy (non-hydrogen) atoms. The Bertz CT molecular complexity index is 406. The topological polar surface area (TPSA) is 55.6 Å². The lowest BCUT2D eigenvalue weighted by Crippen LogP contribution is -2.24. The second kappa shape index (κ2) is 6.59. The number of nitrogens with zero attached hydrogens (tertiary/aromatic N) is 2. The van der Waals surface area contributed by atoms with Gasteiger partial charge in [0, 0.05) is 6.54 Å². The van der Waals surface area contributed by atoms with Crippen LogP contribution < -0.4 is 4.90 Å². The smallest absolute Gasteiger partial charge is 0.360 e. The van der Waals surface area contributed by atoms with Gasteiger partial charge in [0.25, 0.3) is 6.01 Å². The van der Waals surface area contributed by atoms with Gasteiger partial charge >= 0.3 is 5.97 Å². The molecule has 0 spiro atoms. The van der Waals surface area contributed by atoms with Gasteiger partial charge in [0.15, 0.2) is 5.69 Å². The minimum Gasteiger partial charge on any atom is -0.461 e. The number of anilines is 1. The molecule has 92 valence electrons. The van der Waals surface area contributed by atoms with E-state index in [1.54, 1.807) is 11.8 Å². The molecule has 1 aromatic heterocycles. The summed E-state index contributed by atoms with van der Waals surface area (Å²) >= 11 is 0. The van der Waals surface area contributed by atoms with Gasteiger partial charge in [-0.15, -0.1) is 6.42 Å². The maximum atomic E-state index is 11.4. The zero-order valence-electron chi connectivity index (χ0n) is 10.1. The lowest BCUT2D eigenvalue weighted by atomic mass is 10.4. The van der Waals surface area contributed by atoms with Crippen LogP contribution in [0.15, 0.2) is 10.7 Å². The predicted molar refractivity (Wildman–Crippen MR) is 63.8 cm³/mol. The fourth-order valence-electron chi connectivity index (χ4n) is 1.33. The van der Waals surface area contributed by atoms with Gasteiger partial charge in [0.1, 0.15) is 6.26 Å². The second-order valence-electron chi connectivity index (χ2n) is 3.36. The van der Waals surface area contributed by atoms with Crippen LogP contribution in [0.1, 0.15) is 30.8 Å². The van der Waals surface area contributed by atoms with Gasteiger partial charge in [0.05, 0.1) is 13.2 Å². The van der Waals surface area contributed by atoms with Crippen molar-refractivity contribution < 1.29 is 13.9 Å². The van der Waals surface area contributed by atoms with Crippen molar-refractivity contribution >= 4 is 12.0 Å². The first-order valence-corrected chi connectivity index (χ1v) is 5.54. The maximum absolute atomic E-state index is 11.4. The first kappa shape index (κ1) is 13.1. The number of aromatic nitrogens is 1. The molecule has 1 heterocycles. The van der Waals surface area contributed by atoms with Crippen LogP contribution in [0.3, 0.4) is 0 Å². The van der Waals surface area contributed by atoms with E-state index in [1.807, 2.05) is 6.92 Å². The molecule has 1 rings (SSSR count). The van der Waals surface area contributed by atoms with E-state index >= 15 is 0 Å². The van der Waals surface area contributed by atoms with Crippen LogP contribution in [-0.2, 0) is 4.74 Å². The molecule has 0 aliphatic rings. The molecule has 0 radical (unpaired) electrons. The highest BCUT2D eigenvalue weighted by Gasteiger charge is 2.16. The van der Waals surface area contributed by atoms with E-state index in [2.05, 4.69) is 10.9 Å². The van der Waals surface area contributed by atoms with Crippen molar-refractivity contribution in [3.8, 4) is 12.3 Å². The highest BCUT2D eigenvalue weighted by molar-refractivity contribution is 5.87. The second-order valence-corrected chi connectivity index (χ2v) is 3.36. The van der Waals surface area contributed by atoms with Gasteiger partial charge in [-0.1, -0.05) is 12.8 Å². The third-order valence-corrected chi connectivity index (χ3v) is 2.02. The normalized spacial score (nSPS) is 9.71. The number of rotatable bonds is 6. The molecule has 1 aromatic rings. The summed E-state index contributed by atoms with van der Waals surface area (Å²) in [6.45, 7) is 5.20. The fraction of sp³-hybridized carbons (Fsp3) is 0.500. The third kappa shape index (κ3) is 3.52. The van der Waals surface area contributed by atoms with Crippen molar-refractivity contribution in [1.82, 2.24) is 4.98 Å². The molecule has 0 aliphatic heterocycles. The van der Waals surface area contributed by atoms with Gasteiger partial charge in [-0.25, -0.2) is 4.79 Å². The lowest BCUT2D eigenvalue weighted by molar-refractivity contribution is 0.0519. The molecule has 0 saturated carbocycles. The highest BCUT2D eigenvalue weighted by atomic mass is 16.5. The molecule has 5 nitrogen and oxygen atoms in total. The first-order valence-electron chi connectivity index (χ1n) is 5.54. The Kier molecular flexibility index (Phi) is 5.08. The number of hydrogen-bond acceptors (Lipinski definition) is 5. The van der Waals surface area contributed by atoms with Crippen LogP contribution >= 0.6 is 0 Å². The van der Waals surface area contributed by atoms with Crippen LogP contribution in [0, 0.1) is 12.3 Å². The Balaban J connectivity index is 2.77. The van der Waals surface area contributed by atoms with Crippen molar-refractivity contribution in [3.05, 3.63) is 12.0 Å². The van der Waals surface area contributed by atoms with Crippen molar-refractivity contribution in [2.75, 3.05) is 24.6 Å². The number of carbonyl (C=O) groups excluding carboxylic acids is 1. The average Bonchev–Trinajstić information content (AvgIpc) is 2.78. The molecule has 0 unspecified atom stereocenters. The molecule has 0 N–H and O–H groups in total. The molecule has 5 heteroatoms. The minimum absolute atomic E-state index is 0.167. The Labute approximate surface area is 101 Å². The van der Waals surface area contributed by atoms with Crippen LogP contribution in [0.5, 0.6) is 0 Å². The summed E-state index contributed by atoms with van der Waals surface area (Å²) in [5, 5.41) is 0. The number of ether oxygens (including phenoxy) is 1. The number of esters is 1. The summed E-state index contributed by atoms with van der Waals surface area (Å²) in [7, 11) is 0. The van der Waals surface area contributed by atoms with Gasteiger partial charge in [0.2, 0.25) is 0 Å². The fourth-order valence-corrected chi connectivity index (χ4v) is 1.33. The molecule has 0 saturated heterocycles. The molecule has 0 aliphatic carbocycles. The van der Waals surface area contributed by atoms with E-state index in [0.717, 1.165) is 13.0 Å². The predicted octanol–water partition coefficient (Wildman–Crippen LogP) is 1.70. The van der Waals surface area contributed by atoms with E-state index in [-0.39, 0.29) is 5.69 Å². The number of oxazole rings is 1. The number of terminal acetylenes is 1. The quantitative estimate of drug-likeness (QED) is 0.556. The number of hydrogen-bond donors (Lipinski definition) is 0. The summed E-state index contributed by atoms with van der Waals surface area (Å²) < 4.78 is 10.0. The molecule has 0 amide bonds. The van der Waals surface area contributed by atoms with Gasteiger partial charge < -0.3 is 14.1 Å². The van der Waals surface area contributed by atoms with E-state index in [0.29, 0.717) is 19.2 Å². The minimum atomic E-state index is -0.486. The van der Waals surface area contributed by atoms with E-state index in [9.17, 15) is 4.79 Å². The monoisotopic (exact) mass is 236 g/mol. The lowest BCUT2D eigenvalue weighted by Gasteiger charge is -2.15. The van der Waals surface area contributed by atoms with Gasteiger partial charge in [-0.3, -0.25) is 0 Å². The molecule has 0 bridgehead atoms. The summed E-state index contributed by atoms with van der Waals surface area (Å²) in [6.07, 6.45) is 7.46. The summed E-state index contributed by atoms with van der Waals surface area (Å²) in [6, 6.07) is 0.354. The molecular weight excluding hydrogens is 220 g/mol. The zero-order valence-corrected chi connectivity index (χ0v) is 10.1. The van der Waals surface area contributed by atoms with Gasteiger partial charge in [-0.05, 0) is 13.3 Å². The Morgan fingerprint density at radius 3 is 3.00 bits per heavy atom. The SMILES string of the molecule is C#CCN(CCC)c1nc(C(=O)OCC)co1. The average molecular weight is 236 g/mol. The summed E-state index contributed by atoms with van der Waals surface area (Å²) in [5.74, 6) is 2.04. The van der Waals surface area contributed by atoms with Crippen LogP contribution in [0.25, 0.3) is 0 Å². The van der Waals surface area contributed by atoms with E-state index < -0.39 is 5.97 Å². The van der Waals surface area contributed by atoms with Crippen LogP contribution in [0.4, 0.5) is 6.01 Å². The Morgan fingerprint density at radius 1 is 1.65 bits per heavy atom. The van der Waals surface area contributed by atoms with Crippen molar-refractivity contribution in [3.63, 3.8) is 0 Å². The Hall–Kier alpha value is -1.96. The molecule has 0 fully saturated rings. The van der Waals surface area contributed by atoms with Crippen molar-refractivity contribution in [1.29, 1.82) is 0 Å². The summed E-state index contributed by atoms with van der Waals surface area (Å²) in [5.41, 5.74) is 0.167. The van der Waals surface area contributed by atoms with Crippen molar-refractivity contribution in [2.24, 2.45) is 0 Å². The third-order valence-electron chi connectivity index (χ3n) is 2.02. The van der Waals surface area contributed by atoms with E-state index in [1.165, 1.54) is 6.26 Å². The largest absolute Gasteiger partial charge is 0.461 e. The van der Waals surface area contributed by atoms with E-state index in [4.69, 9.17) is 15.6 Å². The molecule has 0 aromatic carbocycles. The zero-order chi connectivity index (χ0) is 12.7. The number of carbonyl (C=O) groups is 1. The van der Waals surface area contributed by atoms with Crippen LogP contribution in [-0.4, -0.2) is 30.6 Å². The molecule has 0 atom stereocenters. The van der Waals surface area contributed by atoms with Gasteiger partial charge in [-0.2, -0.15) is 4.98 Å². The Morgan fingerprint density at radius 2 is 2.41 bits per heavy atom. The maximum Gasteiger partial charge on any atom is 0.360 e. The standard InChI is InChI=1S/C12H16N2O3/c1-4-7-14(8-5-2)12-13-10(9-17-12)11(15)16-6-3/h1,9H,5-8H2,2-3H3. The highest BCUT2D eigenvalue weighted by Crippen LogP contribution is 2.14. The molecular formula is C12H16N2O3. The van der Waals surface area contributed by atoms with Crippen molar-refractivity contribution in [2.45, 2.75) is 20.3 Å².